The summed E-state index contributed by atoms with van der Waals surface area (Å²) in [6.07, 6.45) is 12.0. The summed E-state index contributed by atoms with van der Waals surface area (Å²) >= 11 is 5.79. The Kier molecular flexibility index (Phi) is 6.05. The van der Waals surface area contributed by atoms with Crippen LogP contribution in [0.5, 0.6) is 6.01 Å². The average Bonchev–Trinajstić information content (AvgIpc) is 3.25. The van der Waals surface area contributed by atoms with E-state index in [2.05, 4.69) is 20.3 Å². The number of imidazole rings is 1. The summed E-state index contributed by atoms with van der Waals surface area (Å²) in [5.41, 5.74) is 1.80. The molecule has 0 saturated heterocycles. The molecule has 7 nitrogen and oxygen atoms in total. The Morgan fingerprint density at radius 1 is 1.14 bits per heavy atom. The van der Waals surface area contributed by atoms with Gasteiger partial charge in [0, 0.05) is 30.5 Å². The van der Waals surface area contributed by atoms with Crippen LogP contribution in [0.15, 0.2) is 55.4 Å². The van der Waals surface area contributed by atoms with Crippen molar-refractivity contribution >= 4 is 17.5 Å². The van der Waals surface area contributed by atoms with Crippen LogP contribution >= 0.6 is 11.6 Å². The van der Waals surface area contributed by atoms with Crippen molar-refractivity contribution in [1.29, 1.82) is 0 Å². The number of ether oxygens (including phenoxy) is 1. The zero-order valence-electron chi connectivity index (χ0n) is 15.9. The summed E-state index contributed by atoms with van der Waals surface area (Å²) in [6, 6.07) is 8.19. The number of aromatic nitrogens is 4. The molecule has 1 amide bonds. The highest BCUT2D eigenvalue weighted by atomic mass is 35.5. The van der Waals surface area contributed by atoms with Crippen LogP contribution in [0.25, 0.3) is 0 Å². The number of rotatable bonds is 6. The zero-order valence-corrected chi connectivity index (χ0v) is 16.6. The van der Waals surface area contributed by atoms with Gasteiger partial charge in [-0.1, -0.05) is 23.7 Å². The van der Waals surface area contributed by atoms with E-state index in [1.165, 1.54) is 12.4 Å². The highest BCUT2D eigenvalue weighted by Crippen LogP contribution is 2.23. The van der Waals surface area contributed by atoms with Crippen molar-refractivity contribution in [3.8, 4) is 6.01 Å². The lowest BCUT2D eigenvalue weighted by Gasteiger charge is -2.28. The highest BCUT2D eigenvalue weighted by molar-refractivity contribution is 6.30. The highest BCUT2D eigenvalue weighted by Gasteiger charge is 2.24. The third kappa shape index (κ3) is 5.32. The van der Waals surface area contributed by atoms with E-state index in [9.17, 15) is 4.79 Å². The van der Waals surface area contributed by atoms with Gasteiger partial charge in [0.05, 0.1) is 23.7 Å². The fourth-order valence-electron chi connectivity index (χ4n) is 3.46. The van der Waals surface area contributed by atoms with Crippen molar-refractivity contribution in [1.82, 2.24) is 24.8 Å². The molecule has 0 bridgehead atoms. The molecule has 0 unspecified atom stereocenters. The lowest BCUT2D eigenvalue weighted by Crippen LogP contribution is -2.39. The van der Waals surface area contributed by atoms with Gasteiger partial charge in [0.2, 0.25) is 0 Å². The van der Waals surface area contributed by atoms with E-state index in [-0.39, 0.29) is 18.1 Å². The second-order valence-electron chi connectivity index (χ2n) is 7.18. The molecule has 1 aromatic carbocycles. The van der Waals surface area contributed by atoms with E-state index in [0.29, 0.717) is 16.6 Å². The molecule has 4 rings (SSSR count). The normalized spacial score (nSPS) is 18.9. The van der Waals surface area contributed by atoms with Crippen LogP contribution in [-0.2, 0) is 6.54 Å². The molecule has 1 fully saturated rings. The lowest BCUT2D eigenvalue weighted by molar-refractivity contribution is 0.0885. The second-order valence-corrected chi connectivity index (χ2v) is 7.62. The first-order valence-electron chi connectivity index (χ1n) is 9.65. The summed E-state index contributed by atoms with van der Waals surface area (Å²) in [7, 11) is 0. The van der Waals surface area contributed by atoms with E-state index >= 15 is 0 Å². The molecule has 1 aliphatic carbocycles. The molecule has 2 heterocycles. The predicted octanol–water partition coefficient (Wildman–Crippen LogP) is 3.49. The molecule has 1 saturated carbocycles. The largest absolute Gasteiger partial charge is 0.460 e. The van der Waals surface area contributed by atoms with E-state index in [1.54, 1.807) is 12.5 Å². The molecule has 3 aromatic rings. The van der Waals surface area contributed by atoms with Crippen LogP contribution in [0.3, 0.4) is 0 Å². The van der Waals surface area contributed by atoms with Gasteiger partial charge >= 0.3 is 6.01 Å². The van der Waals surface area contributed by atoms with Crippen LogP contribution in [0.1, 0.15) is 41.6 Å². The number of nitrogens with zero attached hydrogens (tertiary/aromatic N) is 4. The first-order chi connectivity index (χ1) is 14.2. The molecular formula is C21H22ClN5O2. The zero-order chi connectivity index (χ0) is 20.1. The SMILES string of the molecule is O=C(NC1CCC(Oc2ncc(Cl)cn2)CC1)c1ccc(Cn2ccnc2)cc1. The van der Waals surface area contributed by atoms with Crippen molar-refractivity contribution < 1.29 is 9.53 Å². The van der Waals surface area contributed by atoms with Gasteiger partial charge in [-0.3, -0.25) is 4.79 Å². The lowest BCUT2D eigenvalue weighted by atomic mass is 9.92. The minimum absolute atomic E-state index is 0.0374. The van der Waals surface area contributed by atoms with Gasteiger partial charge in [-0.2, -0.15) is 0 Å². The first kappa shape index (κ1) is 19.4. The molecule has 0 atom stereocenters. The smallest absolute Gasteiger partial charge is 0.316 e. The van der Waals surface area contributed by atoms with Crippen LogP contribution in [-0.4, -0.2) is 37.6 Å². The average molecular weight is 412 g/mol. The molecule has 8 heteroatoms. The second kappa shape index (κ2) is 9.05. The Bertz CT molecular complexity index is 921. The number of hydrogen-bond acceptors (Lipinski definition) is 5. The van der Waals surface area contributed by atoms with Gasteiger partial charge < -0.3 is 14.6 Å². The topological polar surface area (TPSA) is 81.9 Å². The van der Waals surface area contributed by atoms with Crippen LogP contribution in [0, 0.1) is 0 Å². The summed E-state index contributed by atoms with van der Waals surface area (Å²) in [5, 5.41) is 3.62. The molecule has 150 valence electrons. The predicted molar refractivity (Wildman–Crippen MR) is 109 cm³/mol. The van der Waals surface area contributed by atoms with E-state index in [0.717, 1.165) is 37.8 Å². The molecular weight excluding hydrogens is 390 g/mol. The van der Waals surface area contributed by atoms with Crippen molar-refractivity contribution in [2.45, 2.75) is 44.4 Å². The van der Waals surface area contributed by atoms with Crippen LogP contribution < -0.4 is 10.1 Å². The summed E-state index contributed by atoms with van der Waals surface area (Å²) in [5.74, 6) is -0.0374. The molecule has 0 aliphatic heterocycles. The maximum Gasteiger partial charge on any atom is 0.316 e. The number of amides is 1. The van der Waals surface area contributed by atoms with Crippen molar-refractivity contribution in [2.24, 2.45) is 0 Å². The minimum atomic E-state index is -0.0374. The summed E-state index contributed by atoms with van der Waals surface area (Å²) in [4.78, 5) is 24.7. The van der Waals surface area contributed by atoms with Crippen molar-refractivity contribution in [3.63, 3.8) is 0 Å². The molecule has 1 N–H and O–H groups in total. The van der Waals surface area contributed by atoms with E-state index < -0.39 is 0 Å². The molecule has 1 aliphatic rings. The fourth-order valence-corrected chi connectivity index (χ4v) is 3.55. The molecule has 0 radical (unpaired) electrons. The number of halogens is 1. The maximum absolute atomic E-state index is 12.6. The van der Waals surface area contributed by atoms with Gasteiger partial charge in [-0.05, 0) is 43.4 Å². The summed E-state index contributed by atoms with van der Waals surface area (Å²) < 4.78 is 7.80. The van der Waals surface area contributed by atoms with Gasteiger partial charge in [0.1, 0.15) is 6.10 Å². The van der Waals surface area contributed by atoms with E-state index in [1.807, 2.05) is 35.0 Å². The van der Waals surface area contributed by atoms with Gasteiger partial charge in [-0.15, -0.1) is 0 Å². The quantitative estimate of drug-likeness (QED) is 0.671. The number of benzene rings is 1. The van der Waals surface area contributed by atoms with Crippen molar-refractivity contribution in [2.75, 3.05) is 0 Å². The monoisotopic (exact) mass is 411 g/mol. The maximum atomic E-state index is 12.6. The number of carbonyl (C=O) groups excluding carboxylic acids is 1. The number of hydrogen-bond donors (Lipinski definition) is 1. The standard InChI is InChI=1S/C21H22ClN5O2/c22-17-11-24-21(25-12-17)29-19-7-5-18(6-8-19)26-20(28)16-3-1-15(2-4-16)13-27-10-9-23-14-27/h1-4,9-12,14,18-19H,5-8,13H2,(H,26,28). The van der Waals surface area contributed by atoms with Crippen LogP contribution in [0.4, 0.5) is 0 Å². The Balaban J connectivity index is 1.24. The van der Waals surface area contributed by atoms with Gasteiger partial charge in [0.25, 0.3) is 5.91 Å². The van der Waals surface area contributed by atoms with Gasteiger partial charge in [0.15, 0.2) is 0 Å². The van der Waals surface area contributed by atoms with Crippen LogP contribution in [0.2, 0.25) is 5.02 Å². The molecule has 0 spiro atoms. The van der Waals surface area contributed by atoms with Gasteiger partial charge in [-0.25, -0.2) is 15.0 Å². The Morgan fingerprint density at radius 3 is 2.52 bits per heavy atom. The first-order valence-corrected chi connectivity index (χ1v) is 10.0. The molecule has 29 heavy (non-hydrogen) atoms. The number of nitrogens with one attached hydrogen (secondary N) is 1. The molecule has 2 aromatic heterocycles. The minimum Gasteiger partial charge on any atom is -0.460 e. The number of carbonyl (C=O) groups is 1. The Morgan fingerprint density at radius 2 is 1.86 bits per heavy atom. The fraction of sp³-hybridized carbons (Fsp3) is 0.333. The summed E-state index contributed by atoms with van der Waals surface area (Å²) in [6.45, 7) is 0.739. The van der Waals surface area contributed by atoms with Crippen molar-refractivity contribution in [3.05, 3.63) is 71.5 Å². The third-order valence-electron chi connectivity index (χ3n) is 5.02. The Hall–Kier alpha value is -2.93. The third-order valence-corrected chi connectivity index (χ3v) is 5.21. The Labute approximate surface area is 174 Å². The van der Waals surface area contributed by atoms with E-state index in [4.69, 9.17) is 16.3 Å².